The van der Waals surface area contributed by atoms with Gasteiger partial charge >= 0.3 is 0 Å². The smallest absolute Gasteiger partial charge is 0.160 e. The SMILES string of the molecule is CCCSC(C)Cc1ccc(O)c(OC)c1. The van der Waals surface area contributed by atoms with Crippen molar-refractivity contribution in [2.75, 3.05) is 12.9 Å². The van der Waals surface area contributed by atoms with Gasteiger partial charge in [0.15, 0.2) is 11.5 Å². The second kappa shape index (κ2) is 6.69. The van der Waals surface area contributed by atoms with Gasteiger partial charge in [0.05, 0.1) is 7.11 Å². The monoisotopic (exact) mass is 240 g/mol. The van der Waals surface area contributed by atoms with E-state index < -0.39 is 0 Å². The van der Waals surface area contributed by atoms with Crippen LogP contribution in [0.15, 0.2) is 18.2 Å². The molecule has 0 fully saturated rings. The van der Waals surface area contributed by atoms with Crippen LogP contribution < -0.4 is 4.74 Å². The fraction of sp³-hybridized carbons (Fsp3) is 0.538. The van der Waals surface area contributed by atoms with E-state index in [4.69, 9.17) is 4.74 Å². The van der Waals surface area contributed by atoms with Crippen LogP contribution in [0.5, 0.6) is 11.5 Å². The molecular weight excluding hydrogens is 220 g/mol. The highest BCUT2D eigenvalue weighted by Crippen LogP contribution is 2.28. The van der Waals surface area contributed by atoms with Gasteiger partial charge < -0.3 is 9.84 Å². The van der Waals surface area contributed by atoms with Gasteiger partial charge in [-0.3, -0.25) is 0 Å². The Morgan fingerprint density at radius 3 is 2.81 bits per heavy atom. The van der Waals surface area contributed by atoms with Gasteiger partial charge in [0.1, 0.15) is 0 Å². The van der Waals surface area contributed by atoms with Crippen molar-refractivity contribution in [2.45, 2.75) is 31.9 Å². The van der Waals surface area contributed by atoms with Crippen molar-refractivity contribution in [1.82, 2.24) is 0 Å². The van der Waals surface area contributed by atoms with E-state index in [0.717, 1.165) is 6.42 Å². The average Bonchev–Trinajstić information content (AvgIpc) is 2.29. The van der Waals surface area contributed by atoms with Crippen LogP contribution in [0.2, 0.25) is 0 Å². The summed E-state index contributed by atoms with van der Waals surface area (Å²) in [6.07, 6.45) is 2.23. The standard InChI is InChI=1S/C13H20O2S/c1-4-7-16-10(2)8-11-5-6-12(14)13(9-11)15-3/h5-6,9-10,14H,4,7-8H2,1-3H3. The van der Waals surface area contributed by atoms with Crippen LogP contribution >= 0.6 is 11.8 Å². The molecule has 0 aromatic heterocycles. The van der Waals surface area contributed by atoms with Crippen molar-refractivity contribution in [3.63, 3.8) is 0 Å². The highest BCUT2D eigenvalue weighted by atomic mass is 32.2. The molecule has 0 spiro atoms. The Morgan fingerprint density at radius 1 is 1.44 bits per heavy atom. The van der Waals surface area contributed by atoms with Crippen LogP contribution in [-0.2, 0) is 6.42 Å². The summed E-state index contributed by atoms with van der Waals surface area (Å²) in [5, 5.41) is 10.1. The third-order valence-corrected chi connectivity index (χ3v) is 3.75. The highest BCUT2D eigenvalue weighted by Gasteiger charge is 2.07. The van der Waals surface area contributed by atoms with Crippen molar-refractivity contribution < 1.29 is 9.84 Å². The molecule has 0 saturated carbocycles. The Morgan fingerprint density at radius 2 is 2.19 bits per heavy atom. The van der Waals surface area contributed by atoms with Crippen LogP contribution in [0, 0.1) is 0 Å². The molecule has 1 atom stereocenters. The molecule has 16 heavy (non-hydrogen) atoms. The summed E-state index contributed by atoms with van der Waals surface area (Å²) < 4.78 is 5.09. The largest absolute Gasteiger partial charge is 0.504 e. The maximum absolute atomic E-state index is 9.48. The molecule has 0 aliphatic heterocycles. The number of thioether (sulfide) groups is 1. The van der Waals surface area contributed by atoms with Gasteiger partial charge in [0.2, 0.25) is 0 Å². The normalized spacial score (nSPS) is 12.4. The molecule has 0 heterocycles. The van der Waals surface area contributed by atoms with E-state index in [1.165, 1.54) is 17.7 Å². The van der Waals surface area contributed by atoms with Crippen LogP contribution in [0.1, 0.15) is 25.8 Å². The number of hydrogen-bond acceptors (Lipinski definition) is 3. The Bertz CT molecular complexity index is 326. The van der Waals surface area contributed by atoms with Crippen LogP contribution in [0.25, 0.3) is 0 Å². The molecule has 3 heteroatoms. The molecule has 1 unspecified atom stereocenters. The first-order chi connectivity index (χ1) is 7.67. The number of aromatic hydroxyl groups is 1. The lowest BCUT2D eigenvalue weighted by Crippen LogP contribution is -2.02. The molecular formula is C13H20O2S. The first-order valence-electron chi connectivity index (χ1n) is 5.64. The van der Waals surface area contributed by atoms with E-state index in [0.29, 0.717) is 11.0 Å². The Kier molecular flexibility index (Phi) is 5.53. The number of phenolic OH excluding ortho intramolecular Hbond substituents is 1. The number of phenols is 1. The highest BCUT2D eigenvalue weighted by molar-refractivity contribution is 7.99. The number of hydrogen-bond donors (Lipinski definition) is 1. The van der Waals surface area contributed by atoms with E-state index >= 15 is 0 Å². The van der Waals surface area contributed by atoms with Crippen molar-refractivity contribution in [3.05, 3.63) is 23.8 Å². The maximum atomic E-state index is 9.48. The van der Waals surface area contributed by atoms with E-state index in [9.17, 15) is 5.11 Å². The third-order valence-electron chi connectivity index (χ3n) is 2.37. The lowest BCUT2D eigenvalue weighted by atomic mass is 10.1. The predicted molar refractivity (Wildman–Crippen MR) is 70.6 cm³/mol. The van der Waals surface area contributed by atoms with Gasteiger partial charge in [0, 0.05) is 5.25 Å². The summed E-state index contributed by atoms with van der Waals surface area (Å²) in [7, 11) is 1.58. The number of methoxy groups -OCH3 is 1. The minimum atomic E-state index is 0.208. The average molecular weight is 240 g/mol. The van der Waals surface area contributed by atoms with Crippen LogP contribution in [0.3, 0.4) is 0 Å². The fourth-order valence-corrected chi connectivity index (χ4v) is 2.51. The van der Waals surface area contributed by atoms with Gasteiger partial charge in [0.25, 0.3) is 0 Å². The summed E-state index contributed by atoms with van der Waals surface area (Å²) in [5.41, 5.74) is 1.21. The lowest BCUT2D eigenvalue weighted by molar-refractivity contribution is 0.373. The number of benzene rings is 1. The lowest BCUT2D eigenvalue weighted by Gasteiger charge is -2.12. The topological polar surface area (TPSA) is 29.5 Å². The van der Waals surface area contributed by atoms with E-state index in [1.807, 2.05) is 23.9 Å². The van der Waals surface area contributed by atoms with Crippen LogP contribution in [-0.4, -0.2) is 23.2 Å². The molecule has 0 aliphatic carbocycles. The quantitative estimate of drug-likeness (QED) is 0.825. The number of ether oxygens (including phenoxy) is 1. The Balaban J connectivity index is 2.59. The zero-order valence-corrected chi connectivity index (χ0v) is 11.0. The molecule has 0 radical (unpaired) electrons. The second-order valence-electron chi connectivity index (χ2n) is 3.89. The molecule has 0 amide bonds. The molecule has 1 rings (SSSR count). The van der Waals surface area contributed by atoms with Gasteiger partial charge in [-0.2, -0.15) is 11.8 Å². The van der Waals surface area contributed by atoms with Gasteiger partial charge in [-0.05, 0) is 36.3 Å². The zero-order valence-electron chi connectivity index (χ0n) is 10.2. The minimum absolute atomic E-state index is 0.208. The van der Waals surface area contributed by atoms with Crippen molar-refractivity contribution in [2.24, 2.45) is 0 Å². The summed E-state index contributed by atoms with van der Waals surface area (Å²) >= 11 is 1.99. The first-order valence-corrected chi connectivity index (χ1v) is 6.69. The molecule has 90 valence electrons. The van der Waals surface area contributed by atoms with Gasteiger partial charge in [-0.25, -0.2) is 0 Å². The maximum Gasteiger partial charge on any atom is 0.160 e. The van der Waals surface area contributed by atoms with E-state index in [1.54, 1.807) is 13.2 Å². The molecule has 0 saturated heterocycles. The Hall–Kier alpha value is -0.830. The minimum Gasteiger partial charge on any atom is -0.504 e. The second-order valence-corrected chi connectivity index (χ2v) is 5.44. The number of rotatable bonds is 6. The molecule has 0 aliphatic rings. The fourth-order valence-electron chi connectivity index (χ4n) is 1.56. The molecule has 1 N–H and O–H groups in total. The zero-order chi connectivity index (χ0) is 12.0. The molecule has 2 nitrogen and oxygen atoms in total. The van der Waals surface area contributed by atoms with E-state index in [-0.39, 0.29) is 5.75 Å². The third kappa shape index (κ3) is 3.97. The van der Waals surface area contributed by atoms with Crippen molar-refractivity contribution in [1.29, 1.82) is 0 Å². The van der Waals surface area contributed by atoms with Gasteiger partial charge in [-0.15, -0.1) is 0 Å². The van der Waals surface area contributed by atoms with Gasteiger partial charge in [-0.1, -0.05) is 19.9 Å². The predicted octanol–water partition coefficient (Wildman–Crippen LogP) is 3.48. The first kappa shape index (κ1) is 13.2. The molecule has 1 aromatic rings. The summed E-state index contributed by atoms with van der Waals surface area (Å²) in [5.74, 6) is 1.97. The van der Waals surface area contributed by atoms with Crippen molar-refractivity contribution >= 4 is 11.8 Å². The summed E-state index contributed by atoms with van der Waals surface area (Å²) in [6.45, 7) is 4.43. The van der Waals surface area contributed by atoms with Crippen molar-refractivity contribution in [3.8, 4) is 11.5 Å². The Labute approximate surface area is 102 Å². The van der Waals surface area contributed by atoms with Crippen LogP contribution in [0.4, 0.5) is 0 Å². The molecule has 1 aromatic carbocycles. The summed E-state index contributed by atoms with van der Waals surface area (Å²) in [4.78, 5) is 0. The molecule has 0 bridgehead atoms. The summed E-state index contributed by atoms with van der Waals surface area (Å²) in [6, 6.07) is 5.57. The van der Waals surface area contributed by atoms with E-state index in [2.05, 4.69) is 13.8 Å².